The van der Waals surface area contributed by atoms with Crippen LogP contribution in [0.5, 0.6) is 0 Å². The molecule has 3 N–H and O–H groups in total. The summed E-state index contributed by atoms with van der Waals surface area (Å²) in [5.41, 5.74) is 0. The third-order valence-corrected chi connectivity index (χ3v) is 3.55. The molecule has 0 aliphatic carbocycles. The number of likely N-dealkylation sites (N-methyl/N-ethyl adjacent to an activating group) is 1. The Balaban J connectivity index is 2.67. The number of amides is 3. The lowest BCUT2D eigenvalue weighted by atomic mass is 9.95. The minimum absolute atomic E-state index is 0.00488. The zero-order valence-corrected chi connectivity index (χ0v) is 12.6. The summed E-state index contributed by atoms with van der Waals surface area (Å²) < 4.78 is 0. The van der Waals surface area contributed by atoms with Gasteiger partial charge in [-0.3, -0.25) is 14.4 Å². The number of nitrogens with one attached hydrogen (secondary N) is 1. The number of carbonyl (C=O) groups excluding carboxylic acids is 3. The first kappa shape index (κ1) is 17.4. The lowest BCUT2D eigenvalue weighted by molar-refractivity contribution is -0.145. The van der Waals surface area contributed by atoms with Gasteiger partial charge in [0, 0.05) is 33.0 Å². The zero-order chi connectivity index (χ0) is 16.2. The maximum atomic E-state index is 12.2. The number of hydrogen-bond donors (Lipinski definition) is 3. The Labute approximate surface area is 123 Å². The lowest BCUT2D eigenvalue weighted by Crippen LogP contribution is -2.54. The van der Waals surface area contributed by atoms with Gasteiger partial charge in [0.25, 0.3) is 0 Å². The van der Waals surface area contributed by atoms with Crippen molar-refractivity contribution in [2.75, 3.05) is 27.4 Å². The van der Waals surface area contributed by atoms with E-state index in [4.69, 9.17) is 5.11 Å². The normalized spacial score (nSPS) is 21.7. The fourth-order valence-corrected chi connectivity index (χ4v) is 2.19. The molecule has 1 aliphatic rings. The summed E-state index contributed by atoms with van der Waals surface area (Å²) in [5.74, 6) is -1.67. The highest BCUT2D eigenvalue weighted by molar-refractivity contribution is 5.91. The number of rotatable bonds is 5. The molecule has 3 unspecified atom stereocenters. The van der Waals surface area contributed by atoms with Gasteiger partial charge >= 0.3 is 0 Å². The Morgan fingerprint density at radius 3 is 2.52 bits per heavy atom. The molecule has 120 valence electrons. The minimum Gasteiger partial charge on any atom is -0.391 e. The largest absolute Gasteiger partial charge is 0.391 e. The average Bonchev–Trinajstić information content (AvgIpc) is 2.43. The van der Waals surface area contributed by atoms with Crippen LogP contribution in [-0.4, -0.2) is 77.3 Å². The second-order valence-corrected chi connectivity index (χ2v) is 5.45. The van der Waals surface area contributed by atoms with Crippen LogP contribution in [0.25, 0.3) is 0 Å². The van der Waals surface area contributed by atoms with E-state index in [1.54, 1.807) is 0 Å². The van der Waals surface area contributed by atoms with Gasteiger partial charge in [-0.15, -0.1) is 0 Å². The van der Waals surface area contributed by atoms with Gasteiger partial charge in [-0.1, -0.05) is 0 Å². The second-order valence-electron chi connectivity index (χ2n) is 5.45. The second kappa shape index (κ2) is 7.37. The summed E-state index contributed by atoms with van der Waals surface area (Å²) >= 11 is 0. The Kier molecular flexibility index (Phi) is 6.10. The van der Waals surface area contributed by atoms with Crippen molar-refractivity contribution in [3.05, 3.63) is 0 Å². The molecule has 1 fully saturated rings. The highest BCUT2D eigenvalue weighted by Crippen LogP contribution is 2.18. The first-order chi connectivity index (χ1) is 9.77. The number of carbonyl (C=O) groups is 3. The summed E-state index contributed by atoms with van der Waals surface area (Å²) in [5, 5.41) is 21.1. The monoisotopic (exact) mass is 301 g/mol. The number of nitrogens with zero attached hydrogens (tertiary/aromatic N) is 2. The van der Waals surface area contributed by atoms with Crippen LogP contribution >= 0.6 is 0 Å². The Hall–Kier alpha value is -1.67. The molecule has 0 aromatic carbocycles. The number of aliphatic hydroxyl groups excluding tert-OH is 2. The highest BCUT2D eigenvalue weighted by Gasteiger charge is 2.34. The standard InChI is InChI=1S/C13H23N3O5/c1-8(18)11(13(21)15(2)3)14-12(20)9-4-5-16(7-17)10(19)6-9/h8-9,11,17-18H,4-7H2,1-3H3,(H,14,20). The maximum Gasteiger partial charge on any atom is 0.247 e. The van der Waals surface area contributed by atoms with E-state index in [9.17, 15) is 19.5 Å². The summed E-state index contributed by atoms with van der Waals surface area (Å²) in [7, 11) is 3.07. The van der Waals surface area contributed by atoms with E-state index in [-0.39, 0.29) is 19.1 Å². The first-order valence-corrected chi connectivity index (χ1v) is 6.86. The quantitative estimate of drug-likeness (QED) is 0.551. The van der Waals surface area contributed by atoms with Crippen molar-refractivity contribution in [2.45, 2.75) is 31.9 Å². The van der Waals surface area contributed by atoms with E-state index in [0.29, 0.717) is 13.0 Å². The van der Waals surface area contributed by atoms with Gasteiger partial charge in [-0.25, -0.2) is 0 Å². The molecule has 0 spiro atoms. The molecule has 1 saturated heterocycles. The maximum absolute atomic E-state index is 12.2. The molecule has 0 bridgehead atoms. The predicted octanol–water partition coefficient (Wildman–Crippen LogP) is -1.87. The molecule has 1 heterocycles. The molecule has 0 saturated carbocycles. The molecule has 21 heavy (non-hydrogen) atoms. The molecular weight excluding hydrogens is 278 g/mol. The lowest BCUT2D eigenvalue weighted by Gasteiger charge is -2.31. The molecule has 0 radical (unpaired) electrons. The van der Waals surface area contributed by atoms with Crippen molar-refractivity contribution in [3.8, 4) is 0 Å². The molecule has 3 amide bonds. The van der Waals surface area contributed by atoms with E-state index in [0.717, 1.165) is 0 Å². The summed E-state index contributed by atoms with van der Waals surface area (Å²) in [6, 6.07) is -1.03. The topological polar surface area (TPSA) is 110 Å². The fourth-order valence-electron chi connectivity index (χ4n) is 2.19. The van der Waals surface area contributed by atoms with Gasteiger partial charge < -0.3 is 25.3 Å². The van der Waals surface area contributed by atoms with Gasteiger partial charge in [-0.2, -0.15) is 0 Å². The third kappa shape index (κ3) is 4.40. The Morgan fingerprint density at radius 2 is 2.10 bits per heavy atom. The predicted molar refractivity (Wildman–Crippen MR) is 73.8 cm³/mol. The minimum atomic E-state index is -1.03. The van der Waals surface area contributed by atoms with Gasteiger partial charge in [0.05, 0.1) is 6.10 Å². The van der Waals surface area contributed by atoms with Crippen LogP contribution in [0.1, 0.15) is 19.8 Å². The smallest absolute Gasteiger partial charge is 0.247 e. The number of aliphatic hydroxyl groups is 2. The molecular formula is C13H23N3O5. The molecule has 0 aromatic rings. The van der Waals surface area contributed by atoms with Crippen LogP contribution < -0.4 is 5.32 Å². The van der Waals surface area contributed by atoms with Crippen LogP contribution in [-0.2, 0) is 14.4 Å². The van der Waals surface area contributed by atoms with Gasteiger partial charge in [0.1, 0.15) is 12.8 Å². The Morgan fingerprint density at radius 1 is 1.48 bits per heavy atom. The van der Waals surface area contributed by atoms with Gasteiger partial charge in [0.15, 0.2) is 0 Å². The molecule has 0 aromatic heterocycles. The van der Waals surface area contributed by atoms with Crippen molar-refractivity contribution < 1.29 is 24.6 Å². The third-order valence-electron chi connectivity index (χ3n) is 3.55. The highest BCUT2D eigenvalue weighted by atomic mass is 16.3. The SMILES string of the molecule is CC(O)C(NC(=O)C1CCN(CO)C(=O)C1)C(=O)N(C)C. The van der Waals surface area contributed by atoms with E-state index in [2.05, 4.69) is 5.32 Å². The van der Waals surface area contributed by atoms with Crippen LogP contribution in [0, 0.1) is 5.92 Å². The molecule has 1 aliphatic heterocycles. The summed E-state index contributed by atoms with van der Waals surface area (Å²) in [6.45, 7) is 1.36. The summed E-state index contributed by atoms with van der Waals surface area (Å²) in [4.78, 5) is 38.3. The van der Waals surface area contributed by atoms with Crippen LogP contribution in [0.2, 0.25) is 0 Å². The van der Waals surface area contributed by atoms with Crippen molar-refractivity contribution in [2.24, 2.45) is 5.92 Å². The number of piperidine rings is 1. The number of likely N-dealkylation sites (tertiary alicyclic amines) is 1. The summed E-state index contributed by atoms with van der Waals surface area (Å²) in [6.07, 6.45) is -0.618. The van der Waals surface area contributed by atoms with Gasteiger partial charge in [-0.05, 0) is 13.3 Å². The Bertz CT molecular complexity index is 411. The van der Waals surface area contributed by atoms with Crippen molar-refractivity contribution in [1.29, 1.82) is 0 Å². The molecule has 1 rings (SSSR count). The average molecular weight is 301 g/mol. The van der Waals surface area contributed by atoms with Crippen LogP contribution in [0.4, 0.5) is 0 Å². The number of hydrogen-bond acceptors (Lipinski definition) is 5. The van der Waals surface area contributed by atoms with Crippen molar-refractivity contribution in [1.82, 2.24) is 15.1 Å². The first-order valence-electron chi connectivity index (χ1n) is 6.86. The van der Waals surface area contributed by atoms with E-state index >= 15 is 0 Å². The van der Waals surface area contributed by atoms with Crippen LogP contribution in [0.3, 0.4) is 0 Å². The van der Waals surface area contributed by atoms with E-state index in [1.165, 1.54) is 30.8 Å². The van der Waals surface area contributed by atoms with Crippen molar-refractivity contribution >= 4 is 17.7 Å². The molecule has 8 nitrogen and oxygen atoms in total. The fraction of sp³-hybridized carbons (Fsp3) is 0.769. The van der Waals surface area contributed by atoms with E-state index < -0.39 is 29.9 Å². The van der Waals surface area contributed by atoms with Crippen LogP contribution in [0.15, 0.2) is 0 Å². The molecule has 8 heteroatoms. The van der Waals surface area contributed by atoms with Gasteiger partial charge in [0.2, 0.25) is 17.7 Å². The van der Waals surface area contributed by atoms with E-state index in [1.807, 2.05) is 0 Å². The molecule has 3 atom stereocenters. The zero-order valence-electron chi connectivity index (χ0n) is 12.6. The van der Waals surface area contributed by atoms with Crippen molar-refractivity contribution in [3.63, 3.8) is 0 Å².